The Kier molecular flexibility index (Phi) is 4.22. The van der Waals surface area contributed by atoms with Crippen LogP contribution in [0.3, 0.4) is 0 Å². The highest BCUT2D eigenvalue weighted by atomic mass is 35.5. The van der Waals surface area contributed by atoms with Gasteiger partial charge in [0, 0.05) is 16.1 Å². The summed E-state index contributed by atoms with van der Waals surface area (Å²) < 4.78 is 0. The lowest BCUT2D eigenvalue weighted by molar-refractivity contribution is 0.103. The second-order valence-electron chi connectivity index (χ2n) is 4.79. The molecule has 22 heavy (non-hydrogen) atoms. The van der Waals surface area contributed by atoms with E-state index in [1.807, 2.05) is 55.5 Å². The Balaban J connectivity index is 1.80. The fourth-order valence-corrected chi connectivity index (χ4v) is 3.05. The average molecular weight is 329 g/mol. The number of halogens is 1. The van der Waals surface area contributed by atoms with Crippen LogP contribution in [0.2, 0.25) is 5.02 Å². The zero-order valence-corrected chi connectivity index (χ0v) is 13.4. The molecule has 0 aliphatic heterocycles. The lowest BCUT2D eigenvalue weighted by atomic mass is 10.2. The summed E-state index contributed by atoms with van der Waals surface area (Å²) in [5.41, 5.74) is 1.98. The first-order valence-corrected chi connectivity index (χ1v) is 7.92. The molecule has 0 aliphatic carbocycles. The number of amides is 1. The van der Waals surface area contributed by atoms with Gasteiger partial charge in [0.2, 0.25) is 0 Å². The van der Waals surface area contributed by atoms with Crippen LogP contribution >= 0.6 is 22.9 Å². The van der Waals surface area contributed by atoms with Gasteiger partial charge in [0.25, 0.3) is 5.91 Å². The molecule has 0 unspecified atom stereocenters. The molecular weight excluding hydrogens is 316 g/mol. The molecule has 0 atom stereocenters. The molecule has 2 heterocycles. The topological polar surface area (TPSA) is 42.0 Å². The molecule has 2 aromatic heterocycles. The molecule has 3 nitrogen and oxygen atoms in total. The summed E-state index contributed by atoms with van der Waals surface area (Å²) in [5.74, 6) is 0.445. The van der Waals surface area contributed by atoms with Crippen molar-refractivity contribution >= 4 is 34.7 Å². The summed E-state index contributed by atoms with van der Waals surface area (Å²) >= 11 is 7.33. The van der Waals surface area contributed by atoms with E-state index in [0.717, 1.165) is 16.0 Å². The molecule has 3 rings (SSSR count). The van der Waals surface area contributed by atoms with Crippen LogP contribution in [0.1, 0.15) is 15.2 Å². The van der Waals surface area contributed by atoms with Gasteiger partial charge in [-0.2, -0.15) is 0 Å². The highest BCUT2D eigenvalue weighted by Gasteiger charge is 2.12. The SMILES string of the molecule is Cc1cccnc1NC(=O)c1ccc(-c2ccc(Cl)cc2)s1. The smallest absolute Gasteiger partial charge is 0.266 e. The molecule has 1 aromatic carbocycles. The largest absolute Gasteiger partial charge is 0.306 e. The summed E-state index contributed by atoms with van der Waals surface area (Å²) in [6, 6.07) is 15.1. The van der Waals surface area contributed by atoms with E-state index in [4.69, 9.17) is 11.6 Å². The summed E-state index contributed by atoms with van der Waals surface area (Å²) in [6.07, 6.45) is 1.66. The number of pyridine rings is 1. The minimum Gasteiger partial charge on any atom is -0.306 e. The first-order valence-electron chi connectivity index (χ1n) is 6.72. The first-order chi connectivity index (χ1) is 10.6. The number of thiophene rings is 1. The fourth-order valence-electron chi connectivity index (χ4n) is 2.01. The Morgan fingerprint density at radius 1 is 1.14 bits per heavy atom. The zero-order chi connectivity index (χ0) is 15.5. The number of benzene rings is 1. The molecule has 5 heteroatoms. The molecule has 0 saturated carbocycles. The molecular formula is C17H13ClN2OS. The number of nitrogens with one attached hydrogen (secondary N) is 1. The maximum atomic E-state index is 12.3. The van der Waals surface area contributed by atoms with Crippen LogP contribution < -0.4 is 5.32 Å². The van der Waals surface area contributed by atoms with Crippen molar-refractivity contribution in [1.82, 2.24) is 4.98 Å². The van der Waals surface area contributed by atoms with E-state index < -0.39 is 0 Å². The molecule has 1 N–H and O–H groups in total. The molecule has 0 saturated heterocycles. The predicted octanol–water partition coefficient (Wildman–Crippen LogP) is 5.02. The van der Waals surface area contributed by atoms with Crippen molar-refractivity contribution in [2.75, 3.05) is 5.32 Å². The minimum atomic E-state index is -0.146. The number of aromatic nitrogens is 1. The quantitative estimate of drug-likeness (QED) is 0.733. The molecule has 0 fully saturated rings. The van der Waals surface area contributed by atoms with Gasteiger partial charge < -0.3 is 5.32 Å². The van der Waals surface area contributed by atoms with Gasteiger partial charge in [0.15, 0.2) is 0 Å². The summed E-state index contributed by atoms with van der Waals surface area (Å²) in [7, 11) is 0. The van der Waals surface area contributed by atoms with Gasteiger partial charge in [-0.1, -0.05) is 29.8 Å². The van der Waals surface area contributed by atoms with Crippen molar-refractivity contribution in [3.8, 4) is 10.4 Å². The third kappa shape index (κ3) is 3.18. The first kappa shape index (κ1) is 14.8. The number of anilines is 1. The van der Waals surface area contributed by atoms with Crippen molar-refractivity contribution < 1.29 is 4.79 Å². The number of aryl methyl sites for hydroxylation is 1. The number of carbonyl (C=O) groups excluding carboxylic acids is 1. The van der Waals surface area contributed by atoms with Gasteiger partial charge in [0.1, 0.15) is 5.82 Å². The maximum absolute atomic E-state index is 12.3. The van der Waals surface area contributed by atoms with Crippen LogP contribution in [0.25, 0.3) is 10.4 Å². The van der Waals surface area contributed by atoms with Crippen LogP contribution in [0, 0.1) is 6.92 Å². The summed E-state index contributed by atoms with van der Waals surface area (Å²) in [5, 5.41) is 3.54. The van der Waals surface area contributed by atoms with Gasteiger partial charge in [-0.05, 0) is 48.4 Å². The van der Waals surface area contributed by atoms with Crippen molar-refractivity contribution in [2.24, 2.45) is 0 Å². The summed E-state index contributed by atoms with van der Waals surface area (Å²) in [4.78, 5) is 18.2. The van der Waals surface area contributed by atoms with Gasteiger partial charge in [-0.25, -0.2) is 4.98 Å². The summed E-state index contributed by atoms with van der Waals surface area (Å²) in [6.45, 7) is 1.91. The zero-order valence-electron chi connectivity index (χ0n) is 11.8. The molecule has 0 bridgehead atoms. The number of hydrogen-bond acceptors (Lipinski definition) is 3. The highest BCUT2D eigenvalue weighted by molar-refractivity contribution is 7.17. The van der Waals surface area contributed by atoms with Crippen molar-refractivity contribution in [2.45, 2.75) is 6.92 Å². The van der Waals surface area contributed by atoms with Gasteiger partial charge in [0.05, 0.1) is 4.88 Å². The average Bonchev–Trinajstić information content (AvgIpc) is 3.00. The Labute approximate surface area is 137 Å². The van der Waals surface area contributed by atoms with E-state index in [0.29, 0.717) is 15.7 Å². The van der Waals surface area contributed by atoms with Gasteiger partial charge >= 0.3 is 0 Å². The van der Waals surface area contributed by atoms with E-state index >= 15 is 0 Å². The lowest BCUT2D eigenvalue weighted by Crippen LogP contribution is -2.12. The molecule has 0 aliphatic rings. The normalized spacial score (nSPS) is 10.5. The van der Waals surface area contributed by atoms with E-state index in [2.05, 4.69) is 10.3 Å². The Hall–Kier alpha value is -2.17. The Morgan fingerprint density at radius 3 is 2.64 bits per heavy atom. The van der Waals surface area contributed by atoms with Crippen LogP contribution in [-0.2, 0) is 0 Å². The van der Waals surface area contributed by atoms with Crippen molar-refractivity contribution in [1.29, 1.82) is 0 Å². The monoisotopic (exact) mass is 328 g/mol. The fraction of sp³-hybridized carbons (Fsp3) is 0.0588. The van der Waals surface area contributed by atoms with E-state index in [9.17, 15) is 4.79 Å². The molecule has 0 radical (unpaired) electrons. The van der Waals surface area contributed by atoms with E-state index in [-0.39, 0.29) is 5.91 Å². The molecule has 3 aromatic rings. The Bertz CT molecular complexity index is 812. The predicted molar refractivity (Wildman–Crippen MR) is 91.7 cm³/mol. The standard InChI is InChI=1S/C17H13ClN2OS/c1-11-3-2-10-19-16(11)20-17(21)15-9-8-14(22-15)12-4-6-13(18)7-5-12/h2-10H,1H3,(H,19,20,21). The number of hydrogen-bond donors (Lipinski definition) is 1. The molecule has 0 spiro atoms. The van der Waals surface area contributed by atoms with E-state index in [1.165, 1.54) is 11.3 Å². The molecule has 1 amide bonds. The number of carbonyl (C=O) groups is 1. The second-order valence-corrected chi connectivity index (χ2v) is 6.31. The van der Waals surface area contributed by atoms with Crippen LogP contribution in [0.5, 0.6) is 0 Å². The third-order valence-electron chi connectivity index (χ3n) is 3.20. The van der Waals surface area contributed by atoms with E-state index in [1.54, 1.807) is 6.20 Å². The van der Waals surface area contributed by atoms with Gasteiger partial charge in [-0.15, -0.1) is 11.3 Å². The van der Waals surface area contributed by atoms with Crippen LogP contribution in [0.4, 0.5) is 5.82 Å². The maximum Gasteiger partial charge on any atom is 0.266 e. The van der Waals surface area contributed by atoms with Gasteiger partial charge in [-0.3, -0.25) is 4.79 Å². The number of rotatable bonds is 3. The van der Waals surface area contributed by atoms with Crippen LogP contribution in [0.15, 0.2) is 54.7 Å². The molecule has 110 valence electrons. The lowest BCUT2D eigenvalue weighted by Gasteiger charge is -2.05. The highest BCUT2D eigenvalue weighted by Crippen LogP contribution is 2.29. The van der Waals surface area contributed by atoms with Crippen molar-refractivity contribution in [3.63, 3.8) is 0 Å². The Morgan fingerprint density at radius 2 is 1.91 bits per heavy atom. The second kappa shape index (κ2) is 6.30. The van der Waals surface area contributed by atoms with Crippen molar-refractivity contribution in [3.05, 3.63) is 70.2 Å². The van der Waals surface area contributed by atoms with Crippen LogP contribution in [-0.4, -0.2) is 10.9 Å². The third-order valence-corrected chi connectivity index (χ3v) is 4.58. The number of nitrogens with zero attached hydrogens (tertiary/aromatic N) is 1. The minimum absolute atomic E-state index is 0.146.